The van der Waals surface area contributed by atoms with Gasteiger partial charge in [0.05, 0.1) is 6.61 Å². The van der Waals surface area contributed by atoms with Crippen LogP contribution in [0.1, 0.15) is 26.6 Å². The Morgan fingerprint density at radius 1 is 1.56 bits per heavy atom. The van der Waals surface area contributed by atoms with Crippen LogP contribution in [0.2, 0.25) is 0 Å². The Labute approximate surface area is 95.1 Å². The summed E-state index contributed by atoms with van der Waals surface area (Å²) in [6, 6.07) is 1.67. The quantitative estimate of drug-likeness (QED) is 0.767. The molecule has 0 radical (unpaired) electrons. The fourth-order valence-electron chi connectivity index (χ4n) is 1.55. The number of aryl methyl sites for hydroxylation is 1. The van der Waals surface area contributed by atoms with E-state index in [4.69, 9.17) is 5.11 Å². The molecule has 0 saturated carbocycles. The summed E-state index contributed by atoms with van der Waals surface area (Å²) in [7, 11) is 0. The molecule has 0 aromatic carbocycles. The zero-order valence-electron chi connectivity index (χ0n) is 10.0. The second-order valence-corrected chi connectivity index (χ2v) is 3.91. The number of hydrogen-bond acceptors (Lipinski definition) is 4. The fourth-order valence-corrected chi connectivity index (χ4v) is 1.55. The molecule has 0 amide bonds. The van der Waals surface area contributed by atoms with Gasteiger partial charge < -0.3 is 15.0 Å². The summed E-state index contributed by atoms with van der Waals surface area (Å²) in [6.07, 6.45) is 0.689. The first-order valence-corrected chi connectivity index (χ1v) is 5.56. The number of aliphatic hydroxyl groups is 1. The molecular weight excluding hydrogens is 206 g/mol. The molecule has 5 heteroatoms. The Morgan fingerprint density at radius 3 is 2.75 bits per heavy atom. The second kappa shape index (κ2) is 5.65. The molecule has 2 N–H and O–H groups in total. The summed E-state index contributed by atoms with van der Waals surface area (Å²) in [4.78, 5) is 20.4. The third-order valence-electron chi connectivity index (χ3n) is 2.37. The number of aromatic amines is 1. The number of aliphatic hydroxyl groups excluding tert-OH is 1. The van der Waals surface area contributed by atoms with Crippen molar-refractivity contribution in [2.75, 3.05) is 18.1 Å². The van der Waals surface area contributed by atoms with Crippen molar-refractivity contribution in [1.82, 2.24) is 9.97 Å². The average Bonchev–Trinajstić information content (AvgIpc) is 2.24. The van der Waals surface area contributed by atoms with Gasteiger partial charge in [0, 0.05) is 25.1 Å². The number of rotatable bonds is 5. The van der Waals surface area contributed by atoms with Gasteiger partial charge in [-0.2, -0.15) is 0 Å². The van der Waals surface area contributed by atoms with Gasteiger partial charge >= 0.3 is 0 Å². The Hall–Kier alpha value is -1.36. The molecule has 0 aliphatic heterocycles. The van der Waals surface area contributed by atoms with Gasteiger partial charge in [0.25, 0.3) is 5.56 Å². The molecule has 0 saturated heterocycles. The van der Waals surface area contributed by atoms with Crippen molar-refractivity contribution in [3.8, 4) is 0 Å². The summed E-state index contributed by atoms with van der Waals surface area (Å²) in [6.45, 7) is 6.48. The van der Waals surface area contributed by atoms with Gasteiger partial charge in [0.1, 0.15) is 11.6 Å². The van der Waals surface area contributed by atoms with Crippen LogP contribution < -0.4 is 10.5 Å². The molecule has 1 aromatic heterocycles. The van der Waals surface area contributed by atoms with Crippen LogP contribution in [0.3, 0.4) is 0 Å². The molecule has 1 heterocycles. The molecule has 0 fully saturated rings. The van der Waals surface area contributed by atoms with E-state index in [2.05, 4.69) is 9.97 Å². The van der Waals surface area contributed by atoms with Crippen molar-refractivity contribution in [3.63, 3.8) is 0 Å². The summed E-state index contributed by atoms with van der Waals surface area (Å²) >= 11 is 0. The van der Waals surface area contributed by atoms with Crippen LogP contribution in [0.5, 0.6) is 0 Å². The lowest BCUT2D eigenvalue weighted by Crippen LogP contribution is -2.35. The highest BCUT2D eigenvalue weighted by Gasteiger charge is 2.12. The lowest BCUT2D eigenvalue weighted by Gasteiger charge is -2.26. The van der Waals surface area contributed by atoms with Gasteiger partial charge in [-0.15, -0.1) is 0 Å². The predicted octanol–water partition coefficient (Wildman–Crippen LogP) is 0.539. The minimum Gasteiger partial charge on any atom is -0.395 e. The van der Waals surface area contributed by atoms with E-state index in [1.54, 1.807) is 0 Å². The van der Waals surface area contributed by atoms with Crippen molar-refractivity contribution >= 4 is 5.82 Å². The number of anilines is 1. The first-order chi connectivity index (χ1) is 7.58. The zero-order valence-corrected chi connectivity index (χ0v) is 10.0. The summed E-state index contributed by atoms with van der Waals surface area (Å²) in [5, 5.41) is 8.99. The molecule has 0 aliphatic rings. The molecule has 0 bridgehead atoms. The molecule has 0 unspecified atom stereocenters. The van der Waals surface area contributed by atoms with Crippen molar-refractivity contribution in [2.45, 2.75) is 33.2 Å². The van der Waals surface area contributed by atoms with E-state index in [0.29, 0.717) is 24.6 Å². The van der Waals surface area contributed by atoms with Crippen molar-refractivity contribution in [1.29, 1.82) is 0 Å². The van der Waals surface area contributed by atoms with Crippen molar-refractivity contribution < 1.29 is 5.11 Å². The van der Waals surface area contributed by atoms with Gasteiger partial charge in [-0.3, -0.25) is 4.79 Å². The van der Waals surface area contributed by atoms with Crippen molar-refractivity contribution in [3.05, 3.63) is 22.2 Å². The van der Waals surface area contributed by atoms with E-state index in [9.17, 15) is 4.79 Å². The first kappa shape index (κ1) is 12.7. The zero-order chi connectivity index (χ0) is 12.1. The van der Waals surface area contributed by atoms with Crippen LogP contribution in [0.4, 0.5) is 5.82 Å². The summed E-state index contributed by atoms with van der Waals surface area (Å²) < 4.78 is 0. The third kappa shape index (κ3) is 3.06. The van der Waals surface area contributed by atoms with Gasteiger partial charge in [0.2, 0.25) is 0 Å². The van der Waals surface area contributed by atoms with E-state index in [1.165, 1.54) is 6.07 Å². The molecule has 1 rings (SSSR count). The Balaban J connectivity index is 3.08. The van der Waals surface area contributed by atoms with Gasteiger partial charge in [-0.1, -0.05) is 6.92 Å². The maximum absolute atomic E-state index is 11.4. The van der Waals surface area contributed by atoms with Crippen LogP contribution in [0.25, 0.3) is 0 Å². The van der Waals surface area contributed by atoms with Gasteiger partial charge in [0.15, 0.2) is 0 Å². The van der Waals surface area contributed by atoms with Crippen LogP contribution >= 0.6 is 0 Å². The molecule has 5 nitrogen and oxygen atoms in total. The number of nitrogens with zero attached hydrogens (tertiary/aromatic N) is 2. The Morgan fingerprint density at radius 2 is 2.25 bits per heavy atom. The van der Waals surface area contributed by atoms with Crippen LogP contribution in [0.15, 0.2) is 10.9 Å². The Kier molecular flexibility index (Phi) is 4.49. The number of aromatic nitrogens is 2. The second-order valence-electron chi connectivity index (χ2n) is 3.91. The minimum absolute atomic E-state index is 0.0497. The molecular formula is C11H19N3O2. The largest absolute Gasteiger partial charge is 0.395 e. The highest BCUT2D eigenvalue weighted by molar-refractivity contribution is 5.38. The van der Waals surface area contributed by atoms with Gasteiger partial charge in [-0.05, 0) is 13.8 Å². The van der Waals surface area contributed by atoms with Crippen LogP contribution in [0, 0.1) is 0 Å². The molecule has 16 heavy (non-hydrogen) atoms. The predicted molar refractivity (Wildman–Crippen MR) is 63.8 cm³/mol. The lowest BCUT2D eigenvalue weighted by molar-refractivity contribution is 0.298. The molecule has 0 aliphatic carbocycles. The molecule has 90 valence electrons. The summed E-state index contributed by atoms with van der Waals surface area (Å²) in [5.74, 6) is 1.30. The fraction of sp³-hybridized carbons (Fsp3) is 0.636. The highest BCUT2D eigenvalue weighted by Crippen LogP contribution is 2.11. The van der Waals surface area contributed by atoms with Crippen LogP contribution in [-0.2, 0) is 6.42 Å². The average molecular weight is 225 g/mol. The van der Waals surface area contributed by atoms with E-state index < -0.39 is 0 Å². The topological polar surface area (TPSA) is 69.2 Å². The lowest BCUT2D eigenvalue weighted by atomic mass is 10.3. The van der Waals surface area contributed by atoms with E-state index in [1.807, 2.05) is 25.7 Å². The monoisotopic (exact) mass is 225 g/mol. The number of hydrogen-bond donors (Lipinski definition) is 2. The number of H-pyrrole nitrogens is 1. The third-order valence-corrected chi connectivity index (χ3v) is 2.37. The van der Waals surface area contributed by atoms with Crippen molar-refractivity contribution in [2.24, 2.45) is 0 Å². The standard InChI is InChI=1S/C11H19N3O2/c1-4-9-12-10(7-11(16)13-9)14(5-6-15)8(2)3/h7-8,15H,4-6H2,1-3H3,(H,12,13,16). The minimum atomic E-state index is -0.148. The smallest absolute Gasteiger partial charge is 0.252 e. The normalized spacial score (nSPS) is 10.8. The van der Waals surface area contributed by atoms with Crippen LogP contribution in [-0.4, -0.2) is 34.3 Å². The van der Waals surface area contributed by atoms with Gasteiger partial charge in [-0.25, -0.2) is 4.98 Å². The number of nitrogens with one attached hydrogen (secondary N) is 1. The maximum atomic E-state index is 11.4. The summed E-state index contributed by atoms with van der Waals surface area (Å²) in [5.41, 5.74) is -0.148. The molecule has 0 spiro atoms. The highest BCUT2D eigenvalue weighted by atomic mass is 16.3. The molecule has 0 atom stereocenters. The maximum Gasteiger partial charge on any atom is 0.252 e. The Bertz CT molecular complexity index is 387. The SMILES string of the molecule is CCc1nc(N(CCO)C(C)C)cc(=O)[nH]1. The molecule has 1 aromatic rings. The van der Waals surface area contributed by atoms with E-state index in [-0.39, 0.29) is 18.2 Å². The first-order valence-electron chi connectivity index (χ1n) is 5.56. The van der Waals surface area contributed by atoms with E-state index >= 15 is 0 Å². The van der Waals surface area contributed by atoms with E-state index in [0.717, 1.165) is 0 Å².